The Bertz CT molecular complexity index is 524. The van der Waals surface area contributed by atoms with E-state index in [1.54, 1.807) is 6.92 Å². The van der Waals surface area contributed by atoms with E-state index in [9.17, 15) is 20.2 Å². The Balaban J connectivity index is 3.27. The van der Waals surface area contributed by atoms with Crippen LogP contribution >= 0.6 is 0 Å². The molecule has 0 heterocycles. The van der Waals surface area contributed by atoms with Crippen LogP contribution in [0.2, 0.25) is 0 Å². The zero-order valence-electron chi connectivity index (χ0n) is 8.86. The number of nitro benzene ring substituents is 2. The molecule has 0 bridgehead atoms. The molecule has 0 unspecified atom stereocenters. The molecule has 8 heteroatoms. The molecule has 0 fully saturated rings. The average Bonchev–Trinajstić information content (AvgIpc) is 2.25. The number of azo groups is 1. The van der Waals surface area contributed by atoms with Crippen LogP contribution in [0.3, 0.4) is 0 Å². The third kappa shape index (κ3) is 3.16. The summed E-state index contributed by atoms with van der Waals surface area (Å²) in [6.45, 7) is 5.02. The Kier molecular flexibility index (Phi) is 3.60. The molecular weight excluding hydrogens is 228 g/mol. The van der Waals surface area contributed by atoms with E-state index in [0.29, 0.717) is 5.70 Å². The number of benzene rings is 1. The van der Waals surface area contributed by atoms with Crippen LogP contribution in [0, 0.1) is 20.2 Å². The largest absolute Gasteiger partial charge is 0.303 e. The van der Waals surface area contributed by atoms with Gasteiger partial charge in [-0.1, -0.05) is 6.58 Å². The zero-order chi connectivity index (χ0) is 13.0. The van der Waals surface area contributed by atoms with Gasteiger partial charge in [0.15, 0.2) is 5.69 Å². The van der Waals surface area contributed by atoms with Crippen molar-refractivity contribution in [2.45, 2.75) is 6.92 Å². The maximum absolute atomic E-state index is 10.7. The number of hydrogen-bond donors (Lipinski definition) is 0. The lowest BCUT2D eigenvalue weighted by molar-refractivity contribution is -0.393. The number of nitro groups is 2. The Morgan fingerprint density at radius 3 is 2.41 bits per heavy atom. The maximum Gasteiger partial charge on any atom is 0.303 e. The van der Waals surface area contributed by atoms with Crippen molar-refractivity contribution in [2.24, 2.45) is 10.2 Å². The monoisotopic (exact) mass is 236 g/mol. The first kappa shape index (κ1) is 12.4. The summed E-state index contributed by atoms with van der Waals surface area (Å²) in [6.07, 6.45) is 0. The fourth-order valence-electron chi connectivity index (χ4n) is 0.995. The lowest BCUT2D eigenvalue weighted by Crippen LogP contribution is -1.92. The van der Waals surface area contributed by atoms with Crippen LogP contribution in [0.25, 0.3) is 0 Å². The van der Waals surface area contributed by atoms with Crippen molar-refractivity contribution in [3.63, 3.8) is 0 Å². The summed E-state index contributed by atoms with van der Waals surface area (Å²) in [7, 11) is 0. The van der Waals surface area contributed by atoms with Gasteiger partial charge in [-0.25, -0.2) is 0 Å². The molecule has 8 nitrogen and oxygen atoms in total. The van der Waals surface area contributed by atoms with Gasteiger partial charge in [0.05, 0.1) is 21.6 Å². The molecule has 0 aliphatic carbocycles. The van der Waals surface area contributed by atoms with E-state index in [-0.39, 0.29) is 11.4 Å². The predicted octanol–water partition coefficient (Wildman–Crippen LogP) is 3.12. The summed E-state index contributed by atoms with van der Waals surface area (Å²) in [5, 5.41) is 28.3. The molecule has 0 amide bonds. The standard InChI is InChI=1S/C9H8N4O4/c1-6(2)10-11-8-4-3-7(12(14)15)5-9(8)13(16)17/h3-5H,1H2,2H3. The van der Waals surface area contributed by atoms with E-state index in [0.717, 1.165) is 12.1 Å². The van der Waals surface area contributed by atoms with Gasteiger partial charge in [-0.2, -0.15) is 5.11 Å². The van der Waals surface area contributed by atoms with Crippen LogP contribution in [0.4, 0.5) is 17.1 Å². The number of non-ortho nitro benzene ring substituents is 1. The molecule has 0 aliphatic heterocycles. The second kappa shape index (κ2) is 4.92. The SMILES string of the molecule is C=C(C)N=Nc1ccc([N+](=O)[O-])cc1[N+](=O)[O-]. The third-order valence-electron chi connectivity index (χ3n) is 1.69. The van der Waals surface area contributed by atoms with Crippen molar-refractivity contribution in [3.8, 4) is 0 Å². The molecule has 0 radical (unpaired) electrons. The molecule has 0 aromatic heterocycles. The van der Waals surface area contributed by atoms with Crippen molar-refractivity contribution >= 4 is 17.1 Å². The van der Waals surface area contributed by atoms with E-state index in [1.165, 1.54) is 6.07 Å². The highest BCUT2D eigenvalue weighted by atomic mass is 16.6. The highest BCUT2D eigenvalue weighted by molar-refractivity contribution is 5.61. The fraction of sp³-hybridized carbons (Fsp3) is 0.111. The second-order valence-electron chi connectivity index (χ2n) is 3.12. The van der Waals surface area contributed by atoms with E-state index in [1.807, 2.05) is 0 Å². The summed E-state index contributed by atoms with van der Waals surface area (Å²) in [5.74, 6) is 0. The molecule has 0 atom stereocenters. The van der Waals surface area contributed by atoms with Gasteiger partial charge in [-0.05, 0) is 13.0 Å². The zero-order valence-corrected chi connectivity index (χ0v) is 8.86. The van der Waals surface area contributed by atoms with E-state index in [4.69, 9.17) is 0 Å². The Hall–Kier alpha value is -2.64. The molecule has 0 N–H and O–H groups in total. The lowest BCUT2D eigenvalue weighted by atomic mass is 10.2. The van der Waals surface area contributed by atoms with E-state index in [2.05, 4.69) is 16.8 Å². The van der Waals surface area contributed by atoms with E-state index >= 15 is 0 Å². The van der Waals surface area contributed by atoms with Crippen molar-refractivity contribution in [1.82, 2.24) is 0 Å². The second-order valence-corrected chi connectivity index (χ2v) is 3.12. The summed E-state index contributed by atoms with van der Waals surface area (Å²) in [6, 6.07) is 3.13. The minimum Gasteiger partial charge on any atom is -0.258 e. The van der Waals surface area contributed by atoms with Crippen molar-refractivity contribution in [2.75, 3.05) is 0 Å². The van der Waals surface area contributed by atoms with E-state index < -0.39 is 15.5 Å². The van der Waals surface area contributed by atoms with Crippen LogP contribution in [0.15, 0.2) is 40.7 Å². The first-order valence-corrected chi connectivity index (χ1v) is 4.42. The highest BCUT2D eigenvalue weighted by Crippen LogP contribution is 2.31. The number of nitrogens with zero attached hydrogens (tertiary/aromatic N) is 4. The highest BCUT2D eigenvalue weighted by Gasteiger charge is 2.19. The molecule has 0 saturated carbocycles. The van der Waals surface area contributed by atoms with Crippen LogP contribution < -0.4 is 0 Å². The van der Waals surface area contributed by atoms with Crippen LogP contribution in [-0.2, 0) is 0 Å². The van der Waals surface area contributed by atoms with Gasteiger partial charge in [-0.15, -0.1) is 5.11 Å². The Labute approximate surface area is 95.6 Å². The molecule has 17 heavy (non-hydrogen) atoms. The summed E-state index contributed by atoms with van der Waals surface area (Å²) in [5.41, 5.74) is -0.517. The van der Waals surface area contributed by atoms with Crippen molar-refractivity contribution in [3.05, 3.63) is 50.7 Å². The molecule has 1 aromatic carbocycles. The maximum atomic E-state index is 10.7. The Morgan fingerprint density at radius 1 is 1.29 bits per heavy atom. The first-order chi connectivity index (χ1) is 7.91. The topological polar surface area (TPSA) is 111 Å². The average molecular weight is 236 g/mol. The van der Waals surface area contributed by atoms with Gasteiger partial charge in [-0.3, -0.25) is 20.2 Å². The number of rotatable bonds is 4. The predicted molar refractivity (Wildman–Crippen MR) is 59.1 cm³/mol. The number of allylic oxidation sites excluding steroid dienone is 1. The van der Waals surface area contributed by atoms with Crippen molar-refractivity contribution < 1.29 is 9.85 Å². The molecule has 1 aromatic rings. The number of hydrogen-bond acceptors (Lipinski definition) is 6. The van der Waals surface area contributed by atoms with Gasteiger partial charge < -0.3 is 0 Å². The normalized spacial score (nSPS) is 10.4. The quantitative estimate of drug-likeness (QED) is 0.454. The molecule has 0 spiro atoms. The van der Waals surface area contributed by atoms with Gasteiger partial charge in [0.1, 0.15) is 0 Å². The third-order valence-corrected chi connectivity index (χ3v) is 1.69. The fourth-order valence-corrected chi connectivity index (χ4v) is 0.995. The smallest absolute Gasteiger partial charge is 0.258 e. The molecule has 0 aliphatic rings. The van der Waals surface area contributed by atoms with Gasteiger partial charge in [0.2, 0.25) is 0 Å². The minimum absolute atomic E-state index is 0.0522. The first-order valence-electron chi connectivity index (χ1n) is 4.42. The summed E-state index contributed by atoms with van der Waals surface area (Å²) in [4.78, 5) is 19.7. The Morgan fingerprint density at radius 2 is 1.94 bits per heavy atom. The van der Waals surface area contributed by atoms with Gasteiger partial charge >= 0.3 is 5.69 Å². The molecule has 1 rings (SSSR count). The van der Waals surface area contributed by atoms with Crippen LogP contribution in [0.1, 0.15) is 6.92 Å². The molecule has 0 saturated heterocycles. The van der Waals surface area contributed by atoms with Crippen molar-refractivity contribution in [1.29, 1.82) is 0 Å². The molecular formula is C9H8N4O4. The van der Waals surface area contributed by atoms with Crippen LogP contribution in [-0.4, -0.2) is 9.85 Å². The van der Waals surface area contributed by atoms with Crippen LogP contribution in [0.5, 0.6) is 0 Å². The summed E-state index contributed by atoms with van der Waals surface area (Å²) < 4.78 is 0. The lowest BCUT2D eigenvalue weighted by Gasteiger charge is -1.96. The molecule has 88 valence electrons. The van der Waals surface area contributed by atoms with Gasteiger partial charge in [0.25, 0.3) is 5.69 Å². The van der Waals surface area contributed by atoms with Gasteiger partial charge in [0, 0.05) is 6.07 Å². The minimum atomic E-state index is -0.750. The summed E-state index contributed by atoms with van der Waals surface area (Å²) >= 11 is 0.